The zero-order valence-electron chi connectivity index (χ0n) is 10.4. The maximum Gasteiger partial charge on any atom is 0.165 e. The van der Waals surface area contributed by atoms with Crippen LogP contribution in [-0.4, -0.2) is 17.8 Å². The highest BCUT2D eigenvalue weighted by Crippen LogP contribution is 2.34. The van der Waals surface area contributed by atoms with E-state index in [1.54, 1.807) is 24.3 Å². The van der Waals surface area contributed by atoms with Crippen LogP contribution >= 0.6 is 0 Å². The van der Waals surface area contributed by atoms with Crippen molar-refractivity contribution in [3.63, 3.8) is 0 Å². The molecule has 104 valence electrons. The van der Waals surface area contributed by atoms with Crippen LogP contribution in [0.15, 0.2) is 42.5 Å². The zero-order valence-corrected chi connectivity index (χ0v) is 10.4. The van der Waals surface area contributed by atoms with Gasteiger partial charge in [-0.1, -0.05) is 18.2 Å². The Labute approximate surface area is 114 Å². The van der Waals surface area contributed by atoms with Crippen LogP contribution in [0.25, 0.3) is 0 Å². The van der Waals surface area contributed by atoms with E-state index in [1.807, 2.05) is 0 Å². The maximum absolute atomic E-state index is 13.5. The summed E-state index contributed by atoms with van der Waals surface area (Å²) in [5.41, 5.74) is 0.570. The van der Waals surface area contributed by atoms with E-state index in [0.717, 1.165) is 18.2 Å². The summed E-state index contributed by atoms with van der Waals surface area (Å²) in [5.74, 6) is -0.956. The van der Waals surface area contributed by atoms with Crippen LogP contribution in [-0.2, 0) is 0 Å². The molecule has 20 heavy (non-hydrogen) atoms. The van der Waals surface area contributed by atoms with Crippen LogP contribution in [0.2, 0.25) is 0 Å². The first-order valence-corrected chi connectivity index (χ1v) is 6.16. The highest BCUT2D eigenvalue weighted by molar-refractivity contribution is 5.38. The van der Waals surface area contributed by atoms with Crippen molar-refractivity contribution in [3.8, 4) is 11.5 Å². The molecule has 0 aliphatic carbocycles. The van der Waals surface area contributed by atoms with Gasteiger partial charge < -0.3 is 14.6 Å². The van der Waals surface area contributed by atoms with Crippen molar-refractivity contribution in [1.82, 2.24) is 0 Å². The molecule has 1 N–H and O–H groups in total. The number of hydrogen-bond donors (Lipinski definition) is 1. The molecule has 2 aromatic rings. The molecular formula is C15H12F2O3. The van der Waals surface area contributed by atoms with Crippen molar-refractivity contribution in [1.29, 1.82) is 0 Å². The average Bonchev–Trinajstić information content (AvgIpc) is 2.46. The molecule has 2 aromatic carbocycles. The molecule has 0 spiro atoms. The van der Waals surface area contributed by atoms with Gasteiger partial charge in [0, 0.05) is 11.6 Å². The van der Waals surface area contributed by atoms with Gasteiger partial charge in [-0.15, -0.1) is 0 Å². The summed E-state index contributed by atoms with van der Waals surface area (Å²) in [5, 5.41) is 10.2. The molecule has 5 heteroatoms. The molecule has 0 bridgehead atoms. The number of aliphatic hydroxyl groups excluding tert-OH is 1. The number of aliphatic hydroxyl groups is 1. The van der Waals surface area contributed by atoms with Gasteiger partial charge in [0.05, 0.1) is 0 Å². The number of rotatable bonds is 2. The Bertz CT molecular complexity index is 630. The second kappa shape index (κ2) is 5.09. The molecule has 1 aliphatic rings. The van der Waals surface area contributed by atoms with Gasteiger partial charge in [0.25, 0.3) is 0 Å². The lowest BCUT2D eigenvalue weighted by molar-refractivity contribution is -0.0121. The molecule has 3 rings (SSSR count). The monoisotopic (exact) mass is 278 g/mol. The number of halogens is 2. The molecule has 2 atom stereocenters. The molecule has 0 amide bonds. The smallest absolute Gasteiger partial charge is 0.165 e. The lowest BCUT2D eigenvalue weighted by atomic mass is 10.0. The lowest BCUT2D eigenvalue weighted by Gasteiger charge is -2.30. The fraction of sp³-hybridized carbons (Fsp3) is 0.200. The summed E-state index contributed by atoms with van der Waals surface area (Å²) in [7, 11) is 0. The van der Waals surface area contributed by atoms with Gasteiger partial charge in [-0.3, -0.25) is 0 Å². The molecule has 0 saturated carbocycles. The van der Waals surface area contributed by atoms with E-state index in [-0.39, 0.29) is 12.4 Å². The normalized spacial score (nSPS) is 20.9. The minimum Gasteiger partial charge on any atom is -0.489 e. The minimum atomic E-state index is -0.956. The standard InChI is InChI=1S/C15H12F2O3/c16-9-5-6-11(17)13(7-9)20-14-8-19-12-4-2-1-3-10(12)15(14)18/h1-7,14-15,18H,8H2. The van der Waals surface area contributed by atoms with Crippen molar-refractivity contribution in [3.05, 3.63) is 59.7 Å². The second-order valence-electron chi connectivity index (χ2n) is 4.52. The molecule has 1 aliphatic heterocycles. The molecule has 0 saturated heterocycles. The van der Waals surface area contributed by atoms with E-state index in [2.05, 4.69) is 0 Å². The predicted molar refractivity (Wildman–Crippen MR) is 67.7 cm³/mol. The van der Waals surface area contributed by atoms with Gasteiger partial charge in [0.15, 0.2) is 17.7 Å². The number of ether oxygens (including phenoxy) is 2. The highest BCUT2D eigenvalue weighted by atomic mass is 19.1. The molecule has 0 fully saturated rings. The molecule has 1 heterocycles. The average molecular weight is 278 g/mol. The minimum absolute atomic E-state index is 0.0636. The van der Waals surface area contributed by atoms with Crippen molar-refractivity contribution >= 4 is 0 Å². The van der Waals surface area contributed by atoms with Gasteiger partial charge in [-0.05, 0) is 18.2 Å². The first-order chi connectivity index (χ1) is 9.65. The Morgan fingerprint density at radius 2 is 1.95 bits per heavy atom. The highest BCUT2D eigenvalue weighted by Gasteiger charge is 2.31. The third kappa shape index (κ3) is 2.32. The molecule has 0 radical (unpaired) electrons. The lowest BCUT2D eigenvalue weighted by Crippen LogP contribution is -2.35. The molecule has 0 aromatic heterocycles. The van der Waals surface area contributed by atoms with Crippen LogP contribution in [0, 0.1) is 11.6 Å². The summed E-state index contributed by atoms with van der Waals surface area (Å²) in [6.07, 6.45) is -1.75. The largest absolute Gasteiger partial charge is 0.489 e. The predicted octanol–water partition coefficient (Wildman–Crippen LogP) is 2.84. The van der Waals surface area contributed by atoms with Crippen LogP contribution in [0.4, 0.5) is 8.78 Å². The van der Waals surface area contributed by atoms with Crippen LogP contribution in [0.3, 0.4) is 0 Å². The third-order valence-electron chi connectivity index (χ3n) is 3.16. The second-order valence-corrected chi connectivity index (χ2v) is 4.52. The van der Waals surface area contributed by atoms with E-state index >= 15 is 0 Å². The van der Waals surface area contributed by atoms with Crippen molar-refractivity contribution < 1.29 is 23.4 Å². The number of para-hydroxylation sites is 1. The van der Waals surface area contributed by atoms with Crippen LogP contribution in [0.1, 0.15) is 11.7 Å². The van der Waals surface area contributed by atoms with Gasteiger partial charge in [0.2, 0.25) is 0 Å². The van der Waals surface area contributed by atoms with E-state index in [0.29, 0.717) is 11.3 Å². The fourth-order valence-electron chi connectivity index (χ4n) is 2.15. The van der Waals surface area contributed by atoms with Gasteiger partial charge in [0.1, 0.15) is 24.3 Å². The molecule has 3 nitrogen and oxygen atoms in total. The quantitative estimate of drug-likeness (QED) is 0.918. The summed E-state index contributed by atoms with van der Waals surface area (Å²) >= 11 is 0. The summed E-state index contributed by atoms with van der Waals surface area (Å²) in [6.45, 7) is 0.0636. The first-order valence-electron chi connectivity index (χ1n) is 6.16. The Morgan fingerprint density at radius 1 is 1.15 bits per heavy atom. The van der Waals surface area contributed by atoms with E-state index in [9.17, 15) is 13.9 Å². The Balaban J connectivity index is 1.84. The van der Waals surface area contributed by atoms with Gasteiger partial charge in [-0.2, -0.15) is 0 Å². The zero-order chi connectivity index (χ0) is 14.1. The van der Waals surface area contributed by atoms with Crippen LogP contribution < -0.4 is 9.47 Å². The first kappa shape index (κ1) is 12.9. The Morgan fingerprint density at radius 3 is 2.80 bits per heavy atom. The topological polar surface area (TPSA) is 38.7 Å². The van der Waals surface area contributed by atoms with Crippen molar-refractivity contribution in [2.75, 3.05) is 6.61 Å². The van der Waals surface area contributed by atoms with E-state index < -0.39 is 23.8 Å². The number of fused-ring (bicyclic) bond motifs is 1. The third-order valence-corrected chi connectivity index (χ3v) is 3.16. The van der Waals surface area contributed by atoms with Crippen molar-refractivity contribution in [2.45, 2.75) is 12.2 Å². The van der Waals surface area contributed by atoms with Gasteiger partial charge in [-0.25, -0.2) is 8.78 Å². The molecule has 2 unspecified atom stereocenters. The SMILES string of the molecule is OC1c2ccccc2OCC1Oc1cc(F)ccc1F. The van der Waals surface area contributed by atoms with Crippen LogP contribution in [0.5, 0.6) is 11.5 Å². The van der Waals surface area contributed by atoms with E-state index in [1.165, 1.54) is 0 Å². The summed E-state index contributed by atoms with van der Waals surface area (Å²) in [4.78, 5) is 0. The fourth-order valence-corrected chi connectivity index (χ4v) is 2.15. The van der Waals surface area contributed by atoms with Crippen molar-refractivity contribution in [2.24, 2.45) is 0 Å². The Kier molecular flexibility index (Phi) is 3.28. The Hall–Kier alpha value is -2.14. The summed E-state index contributed by atoms with van der Waals surface area (Å²) < 4.78 is 37.4. The number of benzene rings is 2. The molecular weight excluding hydrogens is 266 g/mol. The maximum atomic E-state index is 13.5. The summed E-state index contributed by atoms with van der Waals surface area (Å²) in [6, 6.07) is 9.92. The van der Waals surface area contributed by atoms with Gasteiger partial charge >= 0.3 is 0 Å². The van der Waals surface area contributed by atoms with E-state index in [4.69, 9.17) is 9.47 Å². The number of hydrogen-bond acceptors (Lipinski definition) is 3.